The van der Waals surface area contributed by atoms with Crippen LogP contribution in [0.1, 0.15) is 22.0 Å². The molecule has 0 fully saturated rings. The summed E-state index contributed by atoms with van der Waals surface area (Å²) in [5.74, 6) is -2.89. The minimum Gasteiger partial charge on any atom is -0.465 e. The van der Waals surface area contributed by atoms with E-state index < -0.39 is 28.9 Å². The lowest BCUT2D eigenvalue weighted by atomic mass is 9.88. The largest absolute Gasteiger partial charge is 0.465 e. The van der Waals surface area contributed by atoms with Gasteiger partial charge < -0.3 is 14.5 Å². The Bertz CT molecular complexity index is 1370. The normalized spacial score (nSPS) is 17.5. The van der Waals surface area contributed by atoms with Crippen molar-refractivity contribution in [2.75, 3.05) is 7.11 Å². The molecule has 0 spiro atoms. The smallest absolute Gasteiger partial charge is 0.427 e. The Hall–Kier alpha value is -3.04. The van der Waals surface area contributed by atoms with Gasteiger partial charge in [0, 0.05) is 27.1 Å². The number of benzene rings is 2. The van der Waals surface area contributed by atoms with Gasteiger partial charge in [-0.15, -0.1) is 0 Å². The molecular weight excluding hydrogens is 542 g/mol. The topological polar surface area (TPSA) is 51.3 Å². The van der Waals surface area contributed by atoms with Crippen LogP contribution in [-0.4, -0.2) is 24.2 Å². The second-order valence-corrected chi connectivity index (χ2v) is 8.43. The van der Waals surface area contributed by atoms with E-state index in [1.54, 1.807) is 24.3 Å². The van der Waals surface area contributed by atoms with Crippen LogP contribution in [0.5, 0.6) is 5.75 Å². The Morgan fingerprint density at radius 2 is 1.91 bits per heavy atom. The van der Waals surface area contributed by atoms with Crippen LogP contribution in [0.3, 0.4) is 0 Å². The first-order chi connectivity index (χ1) is 16.1. The Morgan fingerprint density at radius 1 is 1.18 bits per heavy atom. The van der Waals surface area contributed by atoms with E-state index in [0.717, 1.165) is 24.6 Å². The zero-order chi connectivity index (χ0) is 24.6. The Balaban J connectivity index is 1.91. The summed E-state index contributed by atoms with van der Waals surface area (Å²) >= 11 is 9.26. The van der Waals surface area contributed by atoms with Crippen LogP contribution in [0.15, 0.2) is 81.5 Å². The predicted octanol–water partition coefficient (Wildman–Crippen LogP) is 7.53. The molecule has 4 rings (SSSR count). The number of aromatic nitrogens is 1. The van der Waals surface area contributed by atoms with Crippen molar-refractivity contribution in [1.29, 1.82) is 0 Å². The number of carbonyl (C=O) groups is 1. The monoisotopic (exact) mass is 555 g/mol. The highest BCUT2D eigenvalue weighted by Crippen LogP contribution is 2.46. The molecule has 0 saturated carbocycles. The molecule has 1 aliphatic carbocycles. The number of rotatable bonds is 4. The van der Waals surface area contributed by atoms with E-state index in [-0.39, 0.29) is 22.6 Å². The molecule has 1 unspecified atom stereocenters. The molecule has 0 aliphatic heterocycles. The average Bonchev–Trinajstić information content (AvgIpc) is 3.13. The van der Waals surface area contributed by atoms with E-state index in [9.17, 15) is 22.4 Å². The van der Waals surface area contributed by atoms with Crippen LogP contribution in [0.4, 0.5) is 17.6 Å². The maximum Gasteiger partial charge on any atom is 0.427 e. The van der Waals surface area contributed by atoms with Gasteiger partial charge in [-0.2, -0.15) is 13.2 Å². The summed E-state index contributed by atoms with van der Waals surface area (Å²) < 4.78 is 66.0. The van der Waals surface area contributed by atoms with Gasteiger partial charge >= 0.3 is 12.1 Å². The second kappa shape index (κ2) is 9.31. The van der Waals surface area contributed by atoms with E-state index in [1.807, 2.05) is 0 Å². The number of halogens is 6. The fourth-order valence-electron chi connectivity index (χ4n) is 3.66. The molecule has 34 heavy (non-hydrogen) atoms. The Morgan fingerprint density at radius 3 is 2.59 bits per heavy atom. The fraction of sp³-hybridized carbons (Fsp3) is 0.125. The second-order valence-electron chi connectivity index (χ2n) is 7.26. The number of alkyl halides is 3. The number of hydrogen-bond donors (Lipinski definition) is 1. The minimum absolute atomic E-state index is 0.0112. The third-order valence-electron chi connectivity index (χ3n) is 5.17. The Labute approximate surface area is 204 Å². The summed E-state index contributed by atoms with van der Waals surface area (Å²) in [7, 11) is 1.15. The van der Waals surface area contributed by atoms with Gasteiger partial charge in [-0.25, -0.2) is 9.18 Å². The zero-order valence-corrected chi connectivity index (χ0v) is 19.7. The molecule has 4 nitrogen and oxygen atoms in total. The van der Waals surface area contributed by atoms with Crippen molar-refractivity contribution in [1.82, 2.24) is 4.98 Å². The molecule has 0 saturated heterocycles. The van der Waals surface area contributed by atoms with Crippen molar-refractivity contribution in [3.63, 3.8) is 0 Å². The lowest BCUT2D eigenvalue weighted by Gasteiger charge is -2.26. The molecule has 3 aromatic rings. The molecule has 0 radical (unpaired) electrons. The van der Waals surface area contributed by atoms with Gasteiger partial charge in [-0.3, -0.25) is 0 Å². The van der Waals surface area contributed by atoms with E-state index in [0.29, 0.717) is 15.7 Å². The van der Waals surface area contributed by atoms with Crippen molar-refractivity contribution in [2.45, 2.75) is 12.1 Å². The number of aromatic amines is 1. The summed E-state index contributed by atoms with van der Waals surface area (Å²) in [5.41, 5.74) is 0.628. The molecule has 10 heteroatoms. The number of H-pyrrole nitrogens is 1. The van der Waals surface area contributed by atoms with Crippen molar-refractivity contribution >= 4 is 44.4 Å². The SMILES string of the molecule is COC(=O)c1ccc(F)cc1OC1=CC=C/C(=C(\Cl)C(F)(F)F)C1c1[nH]c2ccccc2c1Br. The average molecular weight is 557 g/mol. The fourth-order valence-corrected chi connectivity index (χ4v) is 4.51. The molecule has 0 bridgehead atoms. The van der Waals surface area contributed by atoms with Gasteiger partial charge in [0.2, 0.25) is 0 Å². The van der Waals surface area contributed by atoms with Gasteiger partial charge in [-0.1, -0.05) is 42.0 Å². The number of para-hydroxylation sites is 1. The summed E-state index contributed by atoms with van der Waals surface area (Å²) in [5, 5.41) is -0.601. The van der Waals surface area contributed by atoms with E-state index in [1.165, 1.54) is 24.3 Å². The van der Waals surface area contributed by atoms with Gasteiger partial charge in [-0.05, 0) is 45.8 Å². The highest BCUT2D eigenvalue weighted by Gasteiger charge is 2.40. The number of methoxy groups -OCH3 is 1. The maximum atomic E-state index is 14.0. The van der Waals surface area contributed by atoms with Gasteiger partial charge in [0.05, 0.1) is 13.0 Å². The predicted molar refractivity (Wildman–Crippen MR) is 123 cm³/mol. The van der Waals surface area contributed by atoms with E-state index in [4.69, 9.17) is 21.1 Å². The van der Waals surface area contributed by atoms with Gasteiger partial charge in [0.1, 0.15) is 27.9 Å². The molecule has 1 aliphatic rings. The number of hydrogen-bond acceptors (Lipinski definition) is 3. The maximum absolute atomic E-state index is 14.0. The number of carbonyl (C=O) groups excluding carboxylic acids is 1. The first kappa shape index (κ1) is 24.1. The summed E-state index contributed by atoms with van der Waals surface area (Å²) in [6, 6.07) is 10.3. The molecule has 1 atom stereocenters. The first-order valence-corrected chi connectivity index (χ1v) is 11.0. The van der Waals surface area contributed by atoms with Crippen LogP contribution in [0, 0.1) is 5.82 Å². The third kappa shape index (κ3) is 4.50. The summed E-state index contributed by atoms with van der Waals surface area (Å²) in [4.78, 5) is 15.3. The lowest BCUT2D eigenvalue weighted by molar-refractivity contribution is -0.0853. The minimum atomic E-state index is -4.82. The van der Waals surface area contributed by atoms with Crippen LogP contribution < -0.4 is 4.74 Å². The third-order valence-corrected chi connectivity index (χ3v) is 6.46. The highest BCUT2D eigenvalue weighted by atomic mass is 79.9. The number of allylic oxidation sites excluding steroid dienone is 5. The summed E-state index contributed by atoms with van der Waals surface area (Å²) in [6.45, 7) is 0. The molecule has 176 valence electrons. The van der Waals surface area contributed by atoms with E-state index in [2.05, 4.69) is 20.9 Å². The van der Waals surface area contributed by atoms with E-state index >= 15 is 0 Å². The Kier molecular flexibility index (Phi) is 6.60. The quantitative estimate of drug-likeness (QED) is 0.267. The molecule has 1 N–H and O–H groups in total. The first-order valence-electron chi connectivity index (χ1n) is 9.78. The van der Waals surface area contributed by atoms with Crippen LogP contribution >= 0.6 is 27.5 Å². The van der Waals surface area contributed by atoms with Crippen LogP contribution in [-0.2, 0) is 4.74 Å². The van der Waals surface area contributed by atoms with Crippen LogP contribution in [0.2, 0.25) is 0 Å². The lowest BCUT2D eigenvalue weighted by Crippen LogP contribution is -2.19. The number of fused-ring (bicyclic) bond motifs is 1. The van der Waals surface area contributed by atoms with Crippen molar-refractivity contribution in [2.24, 2.45) is 0 Å². The van der Waals surface area contributed by atoms with Gasteiger partial charge in [0.15, 0.2) is 0 Å². The zero-order valence-electron chi connectivity index (χ0n) is 17.3. The van der Waals surface area contributed by atoms with Crippen molar-refractivity contribution < 1.29 is 31.8 Å². The highest BCUT2D eigenvalue weighted by molar-refractivity contribution is 9.10. The molecule has 1 aromatic heterocycles. The molecular formula is C24H15BrClF4NO3. The molecule has 1 heterocycles. The van der Waals surface area contributed by atoms with Crippen molar-refractivity contribution in [3.05, 3.63) is 98.6 Å². The van der Waals surface area contributed by atoms with Gasteiger partial charge in [0.25, 0.3) is 0 Å². The number of nitrogens with one attached hydrogen (secondary N) is 1. The number of ether oxygens (including phenoxy) is 2. The summed E-state index contributed by atoms with van der Waals surface area (Å²) in [6.07, 6.45) is -0.823. The standard InChI is InChI=1S/C24H15BrClF4NO3/c1-33-23(32)14-10-9-12(27)11-18(14)34-17-8-4-6-15(22(26)24(28,29)30)19(17)21-20(25)13-5-2-3-7-16(13)31-21/h2-11,19,31H,1H3/b22-15+. The van der Waals surface area contributed by atoms with Crippen LogP contribution in [0.25, 0.3) is 10.9 Å². The number of esters is 1. The molecule has 0 amide bonds. The van der Waals surface area contributed by atoms with Crippen molar-refractivity contribution in [3.8, 4) is 5.75 Å². The molecule has 2 aromatic carbocycles.